The van der Waals surface area contributed by atoms with Crippen LogP contribution in [0.2, 0.25) is 0 Å². The van der Waals surface area contributed by atoms with E-state index in [4.69, 9.17) is 5.21 Å². The average Bonchev–Trinajstić information content (AvgIpc) is 2.93. The van der Waals surface area contributed by atoms with Crippen molar-refractivity contribution in [1.82, 2.24) is 0 Å². The number of allylic oxidation sites excluding steroid dienone is 1. The van der Waals surface area contributed by atoms with Crippen LogP contribution in [0.25, 0.3) is 11.6 Å². The van der Waals surface area contributed by atoms with Gasteiger partial charge < -0.3 is 5.21 Å². The Balaban J connectivity index is 2.48. The van der Waals surface area contributed by atoms with Gasteiger partial charge in [0, 0.05) is 5.57 Å². The van der Waals surface area contributed by atoms with E-state index in [1.807, 2.05) is 42.6 Å². The van der Waals surface area contributed by atoms with Crippen molar-refractivity contribution in [1.29, 1.82) is 0 Å². The van der Waals surface area contributed by atoms with Crippen LogP contribution in [0.5, 0.6) is 0 Å². The molecule has 0 bridgehead atoms. The number of thiophene rings is 1. The van der Waals surface area contributed by atoms with Crippen molar-refractivity contribution in [3.05, 3.63) is 58.3 Å². The summed E-state index contributed by atoms with van der Waals surface area (Å²) < 4.78 is 0. The van der Waals surface area contributed by atoms with Gasteiger partial charge in [-0.2, -0.15) is 11.3 Å². The second-order valence-corrected chi connectivity index (χ2v) is 4.66. The van der Waals surface area contributed by atoms with Crippen LogP contribution in [0.15, 0.2) is 52.3 Å². The number of nitrogens with zero attached hydrogens (tertiary/aromatic N) is 1. The summed E-state index contributed by atoms with van der Waals surface area (Å²) in [5, 5.41) is 16.7. The molecule has 0 aliphatic carbocycles. The van der Waals surface area contributed by atoms with Crippen LogP contribution in [0, 0.1) is 0 Å². The molecule has 0 spiro atoms. The number of oxime groups is 1. The van der Waals surface area contributed by atoms with Crippen molar-refractivity contribution >= 4 is 28.7 Å². The lowest BCUT2D eigenvalue weighted by atomic mass is 9.98. The third-order valence-electron chi connectivity index (χ3n) is 2.71. The van der Waals surface area contributed by atoms with Crippen LogP contribution in [-0.4, -0.2) is 10.9 Å². The molecule has 1 heterocycles. The molecule has 1 aromatic carbocycles. The molecule has 0 radical (unpaired) electrons. The first kappa shape index (κ1) is 12.6. The third-order valence-corrected chi connectivity index (χ3v) is 3.41. The zero-order chi connectivity index (χ0) is 12.8. The SMILES string of the molecule is CCC(=N\O)/C(=C/c1ccsc1)c1ccccc1. The minimum Gasteiger partial charge on any atom is -0.411 e. The highest BCUT2D eigenvalue weighted by atomic mass is 32.1. The second kappa shape index (κ2) is 6.17. The fourth-order valence-electron chi connectivity index (χ4n) is 1.79. The van der Waals surface area contributed by atoms with Gasteiger partial charge in [-0.25, -0.2) is 0 Å². The van der Waals surface area contributed by atoms with Crippen molar-refractivity contribution in [3.8, 4) is 0 Å². The van der Waals surface area contributed by atoms with Gasteiger partial charge in [0.15, 0.2) is 0 Å². The van der Waals surface area contributed by atoms with Crippen LogP contribution >= 0.6 is 11.3 Å². The Morgan fingerprint density at radius 2 is 2.06 bits per heavy atom. The normalized spacial score (nSPS) is 12.7. The summed E-state index contributed by atoms with van der Waals surface area (Å²) >= 11 is 1.66. The van der Waals surface area contributed by atoms with E-state index in [-0.39, 0.29) is 0 Å². The van der Waals surface area contributed by atoms with E-state index in [1.165, 1.54) is 0 Å². The van der Waals surface area contributed by atoms with Gasteiger partial charge in [0.25, 0.3) is 0 Å². The van der Waals surface area contributed by atoms with Crippen molar-refractivity contribution in [2.45, 2.75) is 13.3 Å². The Hall–Kier alpha value is -1.87. The molecule has 2 rings (SSSR count). The minimum atomic E-state index is 0.696. The van der Waals surface area contributed by atoms with Gasteiger partial charge in [-0.15, -0.1) is 0 Å². The summed E-state index contributed by atoms with van der Waals surface area (Å²) in [5.74, 6) is 0. The van der Waals surface area contributed by atoms with Gasteiger partial charge in [0.1, 0.15) is 0 Å². The molecule has 2 nitrogen and oxygen atoms in total. The first-order valence-corrected chi connectivity index (χ1v) is 6.80. The Morgan fingerprint density at radius 3 is 2.61 bits per heavy atom. The minimum absolute atomic E-state index is 0.696. The highest BCUT2D eigenvalue weighted by molar-refractivity contribution is 7.08. The molecule has 0 aliphatic rings. The van der Waals surface area contributed by atoms with E-state index < -0.39 is 0 Å². The summed E-state index contributed by atoms with van der Waals surface area (Å²) in [6, 6.07) is 12.1. The molecule has 92 valence electrons. The standard InChI is InChI=1S/C15H15NOS/c1-2-15(16-17)14(10-12-8-9-18-11-12)13-6-4-3-5-7-13/h3-11,17H,2H2,1H3/b14-10+,16-15+. The van der Waals surface area contributed by atoms with Crippen LogP contribution < -0.4 is 0 Å². The van der Waals surface area contributed by atoms with Crippen molar-refractivity contribution in [3.63, 3.8) is 0 Å². The van der Waals surface area contributed by atoms with E-state index in [2.05, 4.69) is 22.7 Å². The smallest absolute Gasteiger partial charge is 0.0871 e. The Labute approximate surface area is 111 Å². The fraction of sp³-hybridized carbons (Fsp3) is 0.133. The zero-order valence-corrected chi connectivity index (χ0v) is 11.0. The Kier molecular flexibility index (Phi) is 4.31. The molecule has 0 fully saturated rings. The number of hydrogen-bond acceptors (Lipinski definition) is 3. The van der Waals surface area contributed by atoms with Crippen LogP contribution in [0.3, 0.4) is 0 Å². The van der Waals surface area contributed by atoms with Crippen LogP contribution in [0.1, 0.15) is 24.5 Å². The predicted octanol–water partition coefficient (Wildman–Crippen LogP) is 4.53. The van der Waals surface area contributed by atoms with Crippen molar-refractivity contribution in [2.24, 2.45) is 5.16 Å². The molecular formula is C15H15NOS. The van der Waals surface area contributed by atoms with E-state index in [9.17, 15) is 0 Å². The zero-order valence-electron chi connectivity index (χ0n) is 10.2. The summed E-state index contributed by atoms with van der Waals surface area (Å²) in [5.41, 5.74) is 3.87. The highest BCUT2D eigenvalue weighted by Crippen LogP contribution is 2.22. The molecule has 0 amide bonds. The quantitative estimate of drug-likeness (QED) is 0.487. The van der Waals surface area contributed by atoms with Gasteiger partial charge in [-0.1, -0.05) is 42.4 Å². The monoisotopic (exact) mass is 257 g/mol. The molecule has 3 heteroatoms. The third kappa shape index (κ3) is 2.87. The first-order chi connectivity index (χ1) is 8.85. The number of benzene rings is 1. The van der Waals surface area contributed by atoms with E-state index >= 15 is 0 Å². The van der Waals surface area contributed by atoms with Crippen LogP contribution in [0.4, 0.5) is 0 Å². The van der Waals surface area contributed by atoms with E-state index in [0.717, 1.165) is 16.7 Å². The largest absolute Gasteiger partial charge is 0.411 e. The summed E-state index contributed by atoms with van der Waals surface area (Å²) in [4.78, 5) is 0. The molecule has 1 aromatic heterocycles. The molecule has 0 atom stereocenters. The molecule has 0 unspecified atom stereocenters. The van der Waals surface area contributed by atoms with E-state index in [1.54, 1.807) is 11.3 Å². The predicted molar refractivity (Wildman–Crippen MR) is 78.1 cm³/mol. The van der Waals surface area contributed by atoms with Crippen molar-refractivity contribution < 1.29 is 5.21 Å². The molecule has 0 saturated heterocycles. The lowest BCUT2D eigenvalue weighted by molar-refractivity contribution is 0.319. The van der Waals surface area contributed by atoms with Gasteiger partial charge in [-0.05, 0) is 40.5 Å². The summed E-state index contributed by atoms with van der Waals surface area (Å²) in [7, 11) is 0. The molecular weight excluding hydrogens is 242 g/mol. The van der Waals surface area contributed by atoms with Gasteiger partial charge in [-0.3, -0.25) is 0 Å². The maximum Gasteiger partial charge on any atom is 0.0871 e. The topological polar surface area (TPSA) is 32.6 Å². The maximum atomic E-state index is 9.14. The fourth-order valence-corrected chi connectivity index (χ4v) is 2.41. The maximum absolute atomic E-state index is 9.14. The van der Waals surface area contributed by atoms with E-state index in [0.29, 0.717) is 12.1 Å². The lowest BCUT2D eigenvalue weighted by Crippen LogP contribution is -2.00. The highest BCUT2D eigenvalue weighted by Gasteiger charge is 2.08. The van der Waals surface area contributed by atoms with Crippen LogP contribution in [-0.2, 0) is 0 Å². The van der Waals surface area contributed by atoms with Crippen molar-refractivity contribution in [2.75, 3.05) is 0 Å². The summed E-state index contributed by atoms with van der Waals surface area (Å²) in [6.45, 7) is 1.99. The van der Waals surface area contributed by atoms with Gasteiger partial charge in [0.2, 0.25) is 0 Å². The summed E-state index contributed by atoms with van der Waals surface area (Å²) in [6.07, 6.45) is 2.76. The molecule has 0 saturated carbocycles. The number of rotatable bonds is 4. The first-order valence-electron chi connectivity index (χ1n) is 5.85. The van der Waals surface area contributed by atoms with Gasteiger partial charge >= 0.3 is 0 Å². The lowest BCUT2D eigenvalue weighted by Gasteiger charge is -2.08. The molecule has 0 aliphatic heterocycles. The number of hydrogen-bond donors (Lipinski definition) is 1. The second-order valence-electron chi connectivity index (χ2n) is 3.88. The molecule has 1 N–H and O–H groups in total. The Bertz CT molecular complexity index is 541. The molecule has 18 heavy (non-hydrogen) atoms. The Morgan fingerprint density at radius 1 is 1.28 bits per heavy atom. The molecule has 2 aromatic rings. The average molecular weight is 257 g/mol. The van der Waals surface area contributed by atoms with Gasteiger partial charge in [0.05, 0.1) is 5.71 Å².